The van der Waals surface area contributed by atoms with Gasteiger partial charge in [0.15, 0.2) is 0 Å². The monoisotopic (exact) mass is 394 g/mol. The van der Waals surface area contributed by atoms with Crippen LogP contribution >= 0.6 is 28.6 Å². The molecular formula is C12H16IN2O3P. The second kappa shape index (κ2) is 6.85. The van der Waals surface area contributed by atoms with Gasteiger partial charge in [-0.15, -0.1) is 0 Å². The number of hydrogen-bond acceptors (Lipinski definition) is 3. The van der Waals surface area contributed by atoms with E-state index in [1.165, 1.54) is 3.58 Å². The highest BCUT2D eigenvalue weighted by Gasteiger charge is 2.11. The predicted molar refractivity (Wildman–Crippen MR) is 84.9 cm³/mol. The molecule has 0 radical (unpaired) electrons. The zero-order chi connectivity index (χ0) is 13.7. The Balaban J connectivity index is 1.78. The van der Waals surface area contributed by atoms with Gasteiger partial charge >= 0.3 is 7.60 Å². The largest absolute Gasteiger partial charge is 0.325 e. The molecule has 5 nitrogen and oxygen atoms in total. The molecule has 1 aliphatic rings. The van der Waals surface area contributed by atoms with Crippen molar-refractivity contribution in [2.24, 2.45) is 3.15 Å². The molecular weight excluding hydrogens is 378 g/mol. The molecule has 0 aliphatic carbocycles. The van der Waals surface area contributed by atoms with Crippen molar-refractivity contribution in [1.82, 2.24) is 5.32 Å². The lowest BCUT2D eigenvalue weighted by Crippen LogP contribution is -2.18. The van der Waals surface area contributed by atoms with Crippen LogP contribution in [0.15, 0.2) is 31.0 Å². The number of halogens is 1. The van der Waals surface area contributed by atoms with Crippen molar-refractivity contribution >= 4 is 40.4 Å². The number of fused-ring (bicyclic) bond motifs is 1. The summed E-state index contributed by atoms with van der Waals surface area (Å²) in [5.41, 5.74) is 2.22. The van der Waals surface area contributed by atoms with Crippen LogP contribution in [-0.4, -0.2) is 29.0 Å². The SMILES string of the molecule is O=P(O)(O)CCCNCC1=Cc2ccccc2N=I1. The van der Waals surface area contributed by atoms with Gasteiger partial charge in [-0.3, -0.25) is 4.57 Å². The Morgan fingerprint density at radius 1 is 1.32 bits per heavy atom. The van der Waals surface area contributed by atoms with Crippen LogP contribution in [0.5, 0.6) is 0 Å². The van der Waals surface area contributed by atoms with E-state index in [0.717, 1.165) is 17.8 Å². The molecule has 0 saturated carbocycles. The maximum absolute atomic E-state index is 10.7. The van der Waals surface area contributed by atoms with E-state index in [1.54, 1.807) is 0 Å². The van der Waals surface area contributed by atoms with Crippen molar-refractivity contribution in [3.63, 3.8) is 0 Å². The Kier molecular flexibility index (Phi) is 5.41. The maximum Gasteiger partial charge on any atom is 0.325 e. The Morgan fingerprint density at radius 2 is 2.11 bits per heavy atom. The van der Waals surface area contributed by atoms with Gasteiger partial charge in [-0.05, 0) is 25.1 Å². The van der Waals surface area contributed by atoms with E-state index < -0.39 is 7.60 Å². The highest BCUT2D eigenvalue weighted by atomic mass is 127. The van der Waals surface area contributed by atoms with Crippen molar-refractivity contribution in [3.8, 4) is 0 Å². The first-order valence-corrected chi connectivity index (χ1v) is 9.79. The van der Waals surface area contributed by atoms with Gasteiger partial charge in [0.05, 0.1) is 11.8 Å². The van der Waals surface area contributed by atoms with Gasteiger partial charge in [-0.2, -0.15) is 0 Å². The van der Waals surface area contributed by atoms with Crippen LogP contribution in [0.1, 0.15) is 12.0 Å². The van der Waals surface area contributed by atoms with Crippen LogP contribution in [0.3, 0.4) is 0 Å². The standard InChI is InChI=1S/C12H16IN2O3P/c16-19(17,18)7-3-6-14-9-11-8-10-4-1-2-5-12(10)15-13-11/h1-2,4-5,8,14H,3,6-7,9H2,(H2,16,17,18). The maximum atomic E-state index is 10.7. The van der Waals surface area contributed by atoms with Gasteiger partial charge in [0.25, 0.3) is 0 Å². The molecule has 0 unspecified atom stereocenters. The molecule has 0 fully saturated rings. The van der Waals surface area contributed by atoms with E-state index in [1.807, 2.05) is 18.2 Å². The van der Waals surface area contributed by atoms with E-state index in [-0.39, 0.29) is 27.2 Å². The van der Waals surface area contributed by atoms with Crippen LogP contribution in [0.2, 0.25) is 0 Å². The summed E-state index contributed by atoms with van der Waals surface area (Å²) in [5.74, 6) is 0. The minimum atomic E-state index is -3.85. The molecule has 0 spiro atoms. The van der Waals surface area contributed by atoms with E-state index in [9.17, 15) is 4.57 Å². The number of benzene rings is 1. The first kappa shape index (κ1) is 15.0. The first-order valence-electron chi connectivity index (χ1n) is 5.95. The fraction of sp³-hybridized carbons (Fsp3) is 0.333. The first-order chi connectivity index (χ1) is 9.04. The molecule has 0 saturated heterocycles. The molecule has 3 N–H and O–H groups in total. The molecule has 0 aromatic heterocycles. The topological polar surface area (TPSA) is 81.9 Å². The lowest BCUT2D eigenvalue weighted by Gasteiger charge is -2.10. The lowest BCUT2D eigenvalue weighted by molar-refractivity contribution is 0.371. The third-order valence-electron chi connectivity index (χ3n) is 2.59. The second-order valence-electron chi connectivity index (χ2n) is 4.24. The minimum Gasteiger partial charge on any atom is -0.324 e. The summed E-state index contributed by atoms with van der Waals surface area (Å²) in [7, 11) is -3.85. The molecule has 0 atom stereocenters. The van der Waals surface area contributed by atoms with Gasteiger partial charge < -0.3 is 15.1 Å². The van der Waals surface area contributed by atoms with E-state index in [2.05, 4.69) is 20.6 Å². The molecule has 19 heavy (non-hydrogen) atoms. The summed E-state index contributed by atoms with van der Waals surface area (Å²) in [6, 6.07) is 8.07. The van der Waals surface area contributed by atoms with Crippen molar-refractivity contribution < 1.29 is 14.4 Å². The second-order valence-corrected chi connectivity index (χ2v) is 8.36. The van der Waals surface area contributed by atoms with Gasteiger partial charge in [0.1, 0.15) is 0 Å². The normalized spacial score (nSPS) is 14.5. The molecule has 1 heterocycles. The zero-order valence-corrected chi connectivity index (χ0v) is 13.3. The summed E-state index contributed by atoms with van der Waals surface area (Å²) in [6.07, 6.45) is 2.61. The van der Waals surface area contributed by atoms with Crippen molar-refractivity contribution in [1.29, 1.82) is 0 Å². The van der Waals surface area contributed by atoms with E-state index >= 15 is 0 Å². The van der Waals surface area contributed by atoms with Gasteiger partial charge in [0.2, 0.25) is 0 Å². The lowest BCUT2D eigenvalue weighted by atomic mass is 10.1. The number of nitrogens with one attached hydrogen (secondary N) is 1. The third-order valence-corrected chi connectivity index (χ3v) is 5.56. The summed E-state index contributed by atoms with van der Waals surface area (Å²) < 4.78 is 16.6. The molecule has 7 heteroatoms. The van der Waals surface area contributed by atoms with Crippen LogP contribution < -0.4 is 5.32 Å². The Bertz CT molecular complexity index is 554. The molecule has 0 bridgehead atoms. The van der Waals surface area contributed by atoms with Crippen LogP contribution in [0.4, 0.5) is 5.69 Å². The minimum absolute atomic E-state index is 0.0543. The number of hydrogen-bond donors (Lipinski definition) is 3. The molecule has 1 aromatic carbocycles. The van der Waals surface area contributed by atoms with E-state index in [4.69, 9.17) is 9.79 Å². The fourth-order valence-corrected chi connectivity index (χ4v) is 4.17. The van der Waals surface area contributed by atoms with Crippen LogP contribution in [-0.2, 0) is 4.57 Å². The summed E-state index contributed by atoms with van der Waals surface area (Å²) in [5, 5.41) is 3.21. The van der Waals surface area contributed by atoms with Crippen LogP contribution in [0.25, 0.3) is 6.08 Å². The van der Waals surface area contributed by atoms with E-state index in [0.29, 0.717) is 13.0 Å². The smallest absolute Gasteiger partial charge is 0.324 e. The zero-order valence-electron chi connectivity index (χ0n) is 10.3. The number of nitrogens with zero attached hydrogens (tertiary/aromatic N) is 1. The Morgan fingerprint density at radius 3 is 2.89 bits per heavy atom. The number of rotatable bonds is 6. The van der Waals surface area contributed by atoms with Crippen molar-refractivity contribution in [2.75, 3.05) is 19.3 Å². The molecule has 1 aromatic rings. The van der Waals surface area contributed by atoms with Crippen molar-refractivity contribution in [2.45, 2.75) is 6.42 Å². The molecule has 1 aliphatic heterocycles. The average Bonchev–Trinajstić information content (AvgIpc) is 2.37. The summed E-state index contributed by atoms with van der Waals surface area (Å²) in [4.78, 5) is 17.5. The quantitative estimate of drug-likeness (QED) is 0.394. The van der Waals surface area contributed by atoms with Crippen molar-refractivity contribution in [3.05, 3.63) is 33.4 Å². The molecule has 104 valence electrons. The highest BCUT2D eigenvalue weighted by Crippen LogP contribution is 2.35. The Labute approximate surface area is 122 Å². The molecule has 0 amide bonds. The van der Waals surface area contributed by atoms with Gasteiger partial charge in [0, 0.05) is 36.7 Å². The molecule has 2 rings (SSSR count). The summed E-state index contributed by atoms with van der Waals surface area (Å²) >= 11 is -0.316. The Hall–Kier alpha value is -0.400. The fourth-order valence-electron chi connectivity index (χ4n) is 1.68. The van der Waals surface area contributed by atoms with Gasteiger partial charge in [-0.25, -0.2) is 3.15 Å². The predicted octanol–water partition coefficient (Wildman–Crippen LogP) is 2.98. The van der Waals surface area contributed by atoms with Gasteiger partial charge in [-0.1, -0.05) is 18.2 Å². The average molecular weight is 394 g/mol. The highest BCUT2D eigenvalue weighted by molar-refractivity contribution is 14.2. The van der Waals surface area contributed by atoms with Crippen LogP contribution in [0, 0.1) is 0 Å². The summed E-state index contributed by atoms with van der Waals surface area (Å²) in [6.45, 7) is 1.38. The third kappa shape index (κ3) is 5.24.